The molecule has 0 saturated carbocycles. The number of halogens is 1. The van der Waals surface area contributed by atoms with Crippen LogP contribution in [0, 0.1) is 15.9 Å². The summed E-state index contributed by atoms with van der Waals surface area (Å²) in [7, 11) is 0. The molecule has 0 saturated heterocycles. The fourth-order valence-corrected chi connectivity index (χ4v) is 2.90. The number of nitro groups is 1. The first-order valence-corrected chi connectivity index (χ1v) is 6.91. The van der Waals surface area contributed by atoms with Crippen LogP contribution in [-0.2, 0) is 0 Å². The second kappa shape index (κ2) is 7.55. The van der Waals surface area contributed by atoms with Crippen molar-refractivity contribution in [1.82, 2.24) is 0 Å². The van der Waals surface area contributed by atoms with Gasteiger partial charge in [0.2, 0.25) is 6.54 Å². The SMILES string of the molecule is O=[N+]([O-])CC(SCCCS)c1ccc(F)cc1. The Labute approximate surface area is 109 Å². The van der Waals surface area contributed by atoms with E-state index in [4.69, 9.17) is 0 Å². The van der Waals surface area contributed by atoms with Crippen LogP contribution in [0.4, 0.5) is 4.39 Å². The van der Waals surface area contributed by atoms with Gasteiger partial charge in [0.15, 0.2) is 0 Å². The summed E-state index contributed by atoms with van der Waals surface area (Å²) in [4.78, 5) is 10.3. The standard InChI is InChI=1S/C11H14FNO2S2/c12-10-4-2-9(3-5-10)11(8-13(14)15)17-7-1-6-16/h2-5,11,16H,1,6-8H2. The van der Waals surface area contributed by atoms with E-state index < -0.39 is 0 Å². The van der Waals surface area contributed by atoms with Crippen molar-refractivity contribution >= 4 is 24.4 Å². The highest BCUT2D eigenvalue weighted by atomic mass is 32.2. The van der Waals surface area contributed by atoms with E-state index in [1.165, 1.54) is 23.9 Å². The van der Waals surface area contributed by atoms with Crippen LogP contribution in [0.1, 0.15) is 17.2 Å². The van der Waals surface area contributed by atoms with Gasteiger partial charge in [0.05, 0.1) is 5.25 Å². The summed E-state index contributed by atoms with van der Waals surface area (Å²) in [6.07, 6.45) is 0.906. The Morgan fingerprint density at radius 1 is 1.41 bits per heavy atom. The minimum Gasteiger partial charge on any atom is -0.264 e. The molecule has 17 heavy (non-hydrogen) atoms. The first kappa shape index (κ1) is 14.3. The molecule has 94 valence electrons. The van der Waals surface area contributed by atoms with E-state index >= 15 is 0 Å². The molecule has 0 aliphatic rings. The number of benzene rings is 1. The number of thioether (sulfide) groups is 1. The molecule has 6 heteroatoms. The molecule has 0 amide bonds. The van der Waals surface area contributed by atoms with Gasteiger partial charge in [-0.2, -0.15) is 12.6 Å². The van der Waals surface area contributed by atoms with Crippen LogP contribution in [0.15, 0.2) is 24.3 Å². The first-order chi connectivity index (χ1) is 8.13. The molecule has 3 nitrogen and oxygen atoms in total. The zero-order valence-electron chi connectivity index (χ0n) is 9.21. The topological polar surface area (TPSA) is 43.1 Å². The van der Waals surface area contributed by atoms with Crippen LogP contribution in [0.2, 0.25) is 0 Å². The van der Waals surface area contributed by atoms with E-state index in [0.29, 0.717) is 0 Å². The predicted molar refractivity (Wildman–Crippen MR) is 71.9 cm³/mol. The molecule has 0 aromatic heterocycles. The van der Waals surface area contributed by atoms with Crippen molar-refractivity contribution < 1.29 is 9.31 Å². The van der Waals surface area contributed by atoms with E-state index in [-0.39, 0.29) is 22.5 Å². The van der Waals surface area contributed by atoms with E-state index in [2.05, 4.69) is 12.6 Å². The Morgan fingerprint density at radius 2 is 2.06 bits per heavy atom. The molecule has 0 aliphatic carbocycles. The zero-order valence-corrected chi connectivity index (χ0v) is 10.9. The van der Waals surface area contributed by atoms with Crippen molar-refractivity contribution in [3.05, 3.63) is 45.8 Å². The van der Waals surface area contributed by atoms with Crippen molar-refractivity contribution in [1.29, 1.82) is 0 Å². The lowest BCUT2D eigenvalue weighted by Gasteiger charge is -2.12. The van der Waals surface area contributed by atoms with Crippen LogP contribution in [0.3, 0.4) is 0 Å². The second-order valence-electron chi connectivity index (χ2n) is 3.50. The van der Waals surface area contributed by atoms with Crippen LogP contribution in [0.5, 0.6) is 0 Å². The zero-order chi connectivity index (χ0) is 12.7. The summed E-state index contributed by atoms with van der Waals surface area (Å²) in [5.74, 6) is 1.26. The van der Waals surface area contributed by atoms with Gasteiger partial charge >= 0.3 is 0 Å². The second-order valence-corrected chi connectivity index (χ2v) is 5.26. The fraction of sp³-hybridized carbons (Fsp3) is 0.455. The molecule has 0 N–H and O–H groups in total. The summed E-state index contributed by atoms with van der Waals surface area (Å²) in [6, 6.07) is 5.89. The molecule has 1 aromatic rings. The number of hydrogen-bond acceptors (Lipinski definition) is 4. The molecule has 0 aliphatic heterocycles. The molecule has 1 atom stereocenters. The lowest BCUT2D eigenvalue weighted by molar-refractivity contribution is -0.479. The average molecular weight is 275 g/mol. The molecule has 0 bridgehead atoms. The Balaban J connectivity index is 2.67. The molecular weight excluding hydrogens is 261 g/mol. The maximum Gasteiger partial charge on any atom is 0.219 e. The van der Waals surface area contributed by atoms with Gasteiger partial charge in [0.1, 0.15) is 5.82 Å². The van der Waals surface area contributed by atoms with E-state index in [9.17, 15) is 14.5 Å². The van der Waals surface area contributed by atoms with Crippen LogP contribution in [-0.4, -0.2) is 23.0 Å². The summed E-state index contributed by atoms with van der Waals surface area (Å²) >= 11 is 5.62. The lowest BCUT2D eigenvalue weighted by atomic mass is 10.1. The van der Waals surface area contributed by atoms with Gasteiger partial charge in [-0.1, -0.05) is 12.1 Å². The van der Waals surface area contributed by atoms with Gasteiger partial charge in [-0.05, 0) is 35.6 Å². The molecule has 0 radical (unpaired) electrons. The minimum atomic E-state index is -0.332. The summed E-state index contributed by atoms with van der Waals surface area (Å²) in [5.41, 5.74) is 0.798. The lowest BCUT2D eigenvalue weighted by Crippen LogP contribution is -2.10. The molecular formula is C11H14FNO2S2. The van der Waals surface area contributed by atoms with Gasteiger partial charge in [-0.25, -0.2) is 4.39 Å². The Bertz CT molecular complexity index is 359. The predicted octanol–water partition coefficient (Wildman–Crippen LogP) is 3.20. The summed E-state index contributed by atoms with van der Waals surface area (Å²) < 4.78 is 12.8. The molecule has 1 rings (SSSR count). The highest BCUT2D eigenvalue weighted by Crippen LogP contribution is 2.29. The molecule has 1 aromatic carbocycles. The van der Waals surface area contributed by atoms with Crippen LogP contribution < -0.4 is 0 Å². The summed E-state index contributed by atoms with van der Waals surface area (Å²) in [5, 5.41) is 10.4. The van der Waals surface area contributed by atoms with Gasteiger partial charge in [0, 0.05) is 4.92 Å². The maximum absolute atomic E-state index is 12.8. The van der Waals surface area contributed by atoms with E-state index in [0.717, 1.165) is 23.5 Å². The quantitative estimate of drug-likeness (QED) is 0.360. The highest BCUT2D eigenvalue weighted by molar-refractivity contribution is 7.99. The number of hydrogen-bond donors (Lipinski definition) is 1. The third-order valence-electron chi connectivity index (χ3n) is 2.18. The van der Waals surface area contributed by atoms with Gasteiger partial charge in [-0.15, -0.1) is 11.8 Å². The first-order valence-electron chi connectivity index (χ1n) is 5.23. The molecule has 1 unspecified atom stereocenters. The van der Waals surface area contributed by atoms with E-state index in [1.54, 1.807) is 12.1 Å². The Hall–Kier alpha value is -0.750. The van der Waals surface area contributed by atoms with Gasteiger partial charge in [-0.3, -0.25) is 10.1 Å². The third-order valence-corrected chi connectivity index (χ3v) is 3.84. The number of nitrogens with zero attached hydrogens (tertiary/aromatic N) is 1. The summed E-state index contributed by atoms with van der Waals surface area (Å²) in [6.45, 7) is -0.136. The van der Waals surface area contributed by atoms with Crippen molar-refractivity contribution in [3.8, 4) is 0 Å². The Morgan fingerprint density at radius 3 is 2.59 bits per heavy atom. The normalized spacial score (nSPS) is 12.4. The fourth-order valence-electron chi connectivity index (χ4n) is 1.36. The third kappa shape index (κ3) is 5.41. The monoisotopic (exact) mass is 275 g/mol. The van der Waals surface area contributed by atoms with Crippen LogP contribution in [0.25, 0.3) is 0 Å². The average Bonchev–Trinajstić information content (AvgIpc) is 2.28. The number of thiol groups is 1. The van der Waals surface area contributed by atoms with Crippen molar-refractivity contribution in [3.63, 3.8) is 0 Å². The van der Waals surface area contributed by atoms with Crippen molar-refractivity contribution in [2.45, 2.75) is 11.7 Å². The Kier molecular flexibility index (Phi) is 6.36. The maximum atomic E-state index is 12.8. The van der Waals surface area contributed by atoms with Crippen molar-refractivity contribution in [2.24, 2.45) is 0 Å². The van der Waals surface area contributed by atoms with Gasteiger partial charge in [0.25, 0.3) is 0 Å². The smallest absolute Gasteiger partial charge is 0.219 e. The minimum absolute atomic E-state index is 0.136. The molecule has 0 fully saturated rings. The van der Waals surface area contributed by atoms with Crippen molar-refractivity contribution in [2.75, 3.05) is 18.1 Å². The van der Waals surface area contributed by atoms with Crippen LogP contribution >= 0.6 is 24.4 Å². The highest BCUT2D eigenvalue weighted by Gasteiger charge is 2.17. The largest absolute Gasteiger partial charge is 0.264 e. The molecule has 0 heterocycles. The van der Waals surface area contributed by atoms with E-state index in [1.807, 2.05) is 0 Å². The number of rotatable bonds is 7. The van der Waals surface area contributed by atoms with Gasteiger partial charge < -0.3 is 0 Å². The molecule has 0 spiro atoms.